The molecule has 0 bridgehead atoms. The summed E-state index contributed by atoms with van der Waals surface area (Å²) in [5.41, 5.74) is 12.2. The molecule has 1 spiro atoms. The van der Waals surface area contributed by atoms with Crippen LogP contribution in [0.5, 0.6) is 0 Å². The van der Waals surface area contributed by atoms with Crippen molar-refractivity contribution in [2.45, 2.75) is 44.2 Å². The lowest BCUT2D eigenvalue weighted by atomic mass is 10.0. The number of hydrogen-bond donors (Lipinski definition) is 2. The molecule has 40 heavy (non-hydrogen) atoms. The molecular weight excluding hydrogens is 502 g/mol. The number of nitrogens with one attached hydrogen (secondary N) is 1. The van der Waals surface area contributed by atoms with Crippen molar-refractivity contribution in [3.8, 4) is 0 Å². The Hall–Kier alpha value is -3.66. The minimum absolute atomic E-state index is 0.0126. The molecular formula is C30H41N9O. The molecule has 2 aromatic rings. The first-order valence-electron chi connectivity index (χ1n) is 14.4. The normalized spacial score (nSPS) is 20.3. The van der Waals surface area contributed by atoms with Gasteiger partial charge in [0.25, 0.3) is 0 Å². The number of carbonyl (C=O) groups excluding carboxylic acids is 1. The number of nitrogens with zero attached hydrogens (tertiary/aromatic N) is 7. The van der Waals surface area contributed by atoms with Crippen molar-refractivity contribution in [2.24, 2.45) is 0 Å². The second-order valence-electron chi connectivity index (χ2n) is 12.0. The molecule has 1 saturated carbocycles. The minimum atomic E-state index is -0.0543. The van der Waals surface area contributed by atoms with E-state index in [1.807, 2.05) is 17.0 Å². The maximum atomic E-state index is 12.5. The average Bonchev–Trinajstić information content (AvgIpc) is 3.71. The van der Waals surface area contributed by atoms with Crippen LogP contribution in [0.2, 0.25) is 0 Å². The van der Waals surface area contributed by atoms with Crippen molar-refractivity contribution in [2.75, 3.05) is 80.3 Å². The SMILES string of the molecule is C=CC(=O)N1CCN(c2nc(N3CC(N(C)C)C3)nc3c2CCN(c2c(C)ccc(N)c2C=N)CC3)C2(CC2)C1. The highest BCUT2D eigenvalue weighted by Crippen LogP contribution is 2.48. The molecule has 1 aromatic heterocycles. The number of amides is 1. The summed E-state index contributed by atoms with van der Waals surface area (Å²) >= 11 is 0. The van der Waals surface area contributed by atoms with E-state index in [9.17, 15) is 4.79 Å². The van der Waals surface area contributed by atoms with Gasteiger partial charge < -0.3 is 35.6 Å². The molecule has 3 N–H and O–H groups in total. The third kappa shape index (κ3) is 4.48. The molecule has 0 radical (unpaired) electrons. The summed E-state index contributed by atoms with van der Waals surface area (Å²) in [6, 6.07) is 4.45. The van der Waals surface area contributed by atoms with E-state index in [1.54, 1.807) is 0 Å². The minimum Gasteiger partial charge on any atom is -0.398 e. The van der Waals surface area contributed by atoms with Crippen molar-refractivity contribution < 1.29 is 4.79 Å². The van der Waals surface area contributed by atoms with Crippen LogP contribution in [0.3, 0.4) is 0 Å². The molecule has 3 aliphatic heterocycles. The lowest BCUT2D eigenvalue weighted by Crippen LogP contribution is -2.58. The second kappa shape index (κ2) is 10.1. The van der Waals surface area contributed by atoms with Gasteiger partial charge in [-0.25, -0.2) is 4.98 Å². The van der Waals surface area contributed by atoms with Gasteiger partial charge in [-0.1, -0.05) is 12.6 Å². The number of nitrogens with two attached hydrogens (primary N) is 1. The highest BCUT2D eigenvalue weighted by atomic mass is 16.2. The topological polar surface area (TPSA) is 109 Å². The van der Waals surface area contributed by atoms with E-state index in [1.165, 1.54) is 17.9 Å². The summed E-state index contributed by atoms with van der Waals surface area (Å²) in [5.74, 6) is 1.88. The smallest absolute Gasteiger partial charge is 0.246 e. The van der Waals surface area contributed by atoms with E-state index in [4.69, 9.17) is 21.1 Å². The quantitative estimate of drug-likeness (QED) is 0.324. The van der Waals surface area contributed by atoms with Crippen molar-refractivity contribution in [3.63, 3.8) is 0 Å². The molecule has 212 valence electrons. The zero-order chi connectivity index (χ0) is 28.2. The molecule has 0 unspecified atom stereocenters. The summed E-state index contributed by atoms with van der Waals surface area (Å²) in [6.45, 7) is 11.4. The van der Waals surface area contributed by atoms with Gasteiger partial charge in [0.1, 0.15) is 5.82 Å². The van der Waals surface area contributed by atoms with Crippen LogP contribution in [0, 0.1) is 12.3 Å². The van der Waals surface area contributed by atoms with Crippen LogP contribution in [0.4, 0.5) is 23.1 Å². The van der Waals surface area contributed by atoms with E-state index in [-0.39, 0.29) is 11.4 Å². The molecule has 1 aromatic carbocycles. The van der Waals surface area contributed by atoms with Crippen LogP contribution in [-0.2, 0) is 17.6 Å². The second-order valence-corrected chi connectivity index (χ2v) is 12.0. The number of aromatic nitrogens is 2. The number of aryl methyl sites for hydroxylation is 1. The van der Waals surface area contributed by atoms with Gasteiger partial charge in [0.2, 0.25) is 11.9 Å². The van der Waals surface area contributed by atoms with Gasteiger partial charge in [-0.3, -0.25) is 4.79 Å². The summed E-state index contributed by atoms with van der Waals surface area (Å²) < 4.78 is 0. The van der Waals surface area contributed by atoms with Gasteiger partial charge in [-0.15, -0.1) is 0 Å². The number of rotatable bonds is 6. The predicted molar refractivity (Wildman–Crippen MR) is 161 cm³/mol. The van der Waals surface area contributed by atoms with Crippen LogP contribution in [0.15, 0.2) is 24.8 Å². The monoisotopic (exact) mass is 543 g/mol. The number of benzene rings is 1. The summed E-state index contributed by atoms with van der Waals surface area (Å²) in [6.07, 6.45) is 6.55. The first kappa shape index (κ1) is 26.6. The van der Waals surface area contributed by atoms with Crippen LogP contribution >= 0.6 is 0 Å². The summed E-state index contributed by atoms with van der Waals surface area (Å²) in [5, 5.41) is 8.05. The van der Waals surface area contributed by atoms with Crippen LogP contribution in [0.1, 0.15) is 35.2 Å². The van der Waals surface area contributed by atoms with Gasteiger partial charge in [0, 0.05) is 81.3 Å². The first-order chi connectivity index (χ1) is 19.2. The number of carbonyl (C=O) groups is 1. The van der Waals surface area contributed by atoms with Crippen molar-refractivity contribution in [3.05, 3.63) is 47.2 Å². The van der Waals surface area contributed by atoms with Gasteiger partial charge in [0.05, 0.1) is 16.9 Å². The third-order valence-corrected chi connectivity index (χ3v) is 9.32. The van der Waals surface area contributed by atoms with Crippen molar-refractivity contribution in [1.29, 1.82) is 5.41 Å². The van der Waals surface area contributed by atoms with E-state index in [2.05, 4.69) is 47.2 Å². The lowest BCUT2D eigenvalue weighted by molar-refractivity contribution is -0.127. The molecule has 0 atom stereocenters. The van der Waals surface area contributed by atoms with Gasteiger partial charge in [-0.2, -0.15) is 4.98 Å². The largest absolute Gasteiger partial charge is 0.398 e. The Kier molecular flexibility index (Phi) is 6.68. The molecule has 1 aliphatic carbocycles. The zero-order valence-corrected chi connectivity index (χ0v) is 24.0. The maximum absolute atomic E-state index is 12.5. The molecule has 2 saturated heterocycles. The molecule has 3 fully saturated rings. The number of piperazine rings is 1. The lowest BCUT2D eigenvalue weighted by Gasteiger charge is -2.45. The Labute approximate surface area is 236 Å². The van der Waals surface area contributed by atoms with Crippen LogP contribution in [0.25, 0.3) is 0 Å². The number of nitrogen functional groups attached to an aromatic ring is 1. The molecule has 1 amide bonds. The molecule has 4 heterocycles. The average molecular weight is 544 g/mol. The van der Waals surface area contributed by atoms with Crippen molar-refractivity contribution >= 4 is 35.3 Å². The fourth-order valence-electron chi connectivity index (χ4n) is 6.60. The fraction of sp³-hybridized carbons (Fsp3) is 0.533. The van der Waals surface area contributed by atoms with Crippen molar-refractivity contribution in [1.82, 2.24) is 19.8 Å². The number of fused-ring (bicyclic) bond motifs is 1. The number of anilines is 4. The summed E-state index contributed by atoms with van der Waals surface area (Å²) in [7, 11) is 4.25. The van der Waals surface area contributed by atoms with Gasteiger partial charge >= 0.3 is 0 Å². The van der Waals surface area contributed by atoms with Crippen LogP contribution < -0.4 is 20.4 Å². The third-order valence-electron chi connectivity index (χ3n) is 9.32. The summed E-state index contributed by atoms with van der Waals surface area (Å²) in [4.78, 5) is 34.3. The standard InChI is InChI=1S/C30H41N9O/c1-5-26(40)37-14-15-39(30(19-37)10-11-30)28-22-8-12-36(27-20(2)6-7-24(32)23(27)16-31)13-9-25(22)33-29(34-28)38-17-21(18-38)35(3)4/h5-7,16,21,31H,1,8-15,17-19,32H2,2-4H3. The molecule has 6 rings (SSSR count). The van der Waals surface area contributed by atoms with E-state index < -0.39 is 0 Å². The van der Waals surface area contributed by atoms with Gasteiger partial charge in [-0.05, 0) is 58.0 Å². The Morgan fingerprint density at radius 2 is 1.88 bits per heavy atom. The number of hydrogen-bond acceptors (Lipinski definition) is 9. The van der Waals surface area contributed by atoms with E-state index >= 15 is 0 Å². The Bertz CT molecular complexity index is 1350. The number of likely N-dealkylation sites (N-methyl/N-ethyl adjacent to an activating group) is 1. The zero-order valence-electron chi connectivity index (χ0n) is 24.0. The maximum Gasteiger partial charge on any atom is 0.246 e. The Morgan fingerprint density at radius 1 is 1.12 bits per heavy atom. The fourth-order valence-corrected chi connectivity index (χ4v) is 6.60. The first-order valence-corrected chi connectivity index (χ1v) is 14.4. The molecule has 4 aliphatic rings. The Morgan fingerprint density at radius 3 is 2.55 bits per heavy atom. The Balaban J connectivity index is 1.36. The molecule has 10 nitrogen and oxygen atoms in total. The highest BCUT2D eigenvalue weighted by Gasteiger charge is 2.53. The highest BCUT2D eigenvalue weighted by molar-refractivity contribution is 5.94. The van der Waals surface area contributed by atoms with Crippen LogP contribution in [-0.4, -0.2) is 103 Å². The van der Waals surface area contributed by atoms with E-state index in [0.29, 0.717) is 18.3 Å². The van der Waals surface area contributed by atoms with E-state index in [0.717, 1.165) is 99.2 Å². The van der Waals surface area contributed by atoms with Gasteiger partial charge in [0.15, 0.2) is 0 Å². The molecule has 10 heteroatoms. The predicted octanol–water partition coefficient (Wildman–Crippen LogP) is 2.09.